The lowest BCUT2D eigenvalue weighted by Gasteiger charge is -2.21. The Kier molecular flexibility index (Phi) is 5.39. The number of hydrogen-bond donors (Lipinski definition) is 0. The summed E-state index contributed by atoms with van der Waals surface area (Å²) in [7, 11) is 1.33. The molecule has 2 aliphatic heterocycles. The topological polar surface area (TPSA) is 55.8 Å². The molecular weight excluding hydrogens is 386 g/mol. The molecule has 1 aromatic rings. The van der Waals surface area contributed by atoms with Crippen molar-refractivity contribution in [2.45, 2.75) is 25.9 Å². The fourth-order valence-corrected chi connectivity index (χ4v) is 3.43. The standard InChI is InChI=1S/C19H20BrNO4/c1-12-17(19(23)24-2)16(10-13-5-7-14(20)8-6-13)18(22)21(12)11-15-4-3-9-25-15/h5-8,10,15H,3-4,9,11H2,1-2H3/b16-10-. The summed E-state index contributed by atoms with van der Waals surface area (Å²) in [4.78, 5) is 26.9. The number of rotatable bonds is 4. The molecule has 1 aromatic carbocycles. The van der Waals surface area contributed by atoms with Crippen LogP contribution in [-0.4, -0.2) is 43.1 Å². The Morgan fingerprint density at radius 3 is 2.72 bits per heavy atom. The van der Waals surface area contributed by atoms with E-state index >= 15 is 0 Å². The van der Waals surface area contributed by atoms with Crippen LogP contribution in [0.15, 0.2) is 45.6 Å². The van der Waals surface area contributed by atoms with E-state index < -0.39 is 5.97 Å². The molecule has 0 aromatic heterocycles. The molecule has 1 amide bonds. The summed E-state index contributed by atoms with van der Waals surface area (Å²) >= 11 is 3.39. The van der Waals surface area contributed by atoms with Gasteiger partial charge in [-0.1, -0.05) is 28.1 Å². The van der Waals surface area contributed by atoms with Gasteiger partial charge in [0.1, 0.15) is 0 Å². The van der Waals surface area contributed by atoms with Gasteiger partial charge < -0.3 is 14.4 Å². The third-order valence-corrected chi connectivity index (χ3v) is 5.02. The molecule has 132 valence electrons. The number of benzene rings is 1. The highest BCUT2D eigenvalue weighted by molar-refractivity contribution is 9.10. The van der Waals surface area contributed by atoms with Crippen molar-refractivity contribution in [3.8, 4) is 0 Å². The van der Waals surface area contributed by atoms with Gasteiger partial charge in [0, 0.05) is 16.8 Å². The number of amides is 1. The van der Waals surface area contributed by atoms with Crippen molar-refractivity contribution >= 4 is 33.9 Å². The van der Waals surface area contributed by atoms with Crippen molar-refractivity contribution in [3.05, 3.63) is 51.1 Å². The molecule has 0 bridgehead atoms. The Morgan fingerprint density at radius 1 is 1.40 bits per heavy atom. The maximum atomic E-state index is 12.9. The fourth-order valence-electron chi connectivity index (χ4n) is 3.17. The number of carbonyl (C=O) groups excluding carboxylic acids is 2. The molecule has 6 heteroatoms. The molecule has 1 fully saturated rings. The van der Waals surface area contributed by atoms with E-state index in [1.54, 1.807) is 17.9 Å². The van der Waals surface area contributed by atoms with E-state index in [1.807, 2.05) is 24.3 Å². The van der Waals surface area contributed by atoms with Gasteiger partial charge in [-0.2, -0.15) is 0 Å². The Morgan fingerprint density at radius 2 is 2.12 bits per heavy atom. The van der Waals surface area contributed by atoms with Crippen molar-refractivity contribution in [2.24, 2.45) is 0 Å². The normalized spacial score (nSPS) is 22.2. The Labute approximate surface area is 155 Å². The second kappa shape index (κ2) is 7.54. The van der Waals surface area contributed by atoms with Crippen LogP contribution in [0.1, 0.15) is 25.3 Å². The zero-order valence-corrected chi connectivity index (χ0v) is 15.8. The van der Waals surface area contributed by atoms with Crippen LogP contribution in [0, 0.1) is 0 Å². The third kappa shape index (κ3) is 3.70. The number of hydrogen-bond acceptors (Lipinski definition) is 4. The minimum atomic E-state index is -0.496. The van der Waals surface area contributed by atoms with Gasteiger partial charge in [-0.3, -0.25) is 4.79 Å². The minimum absolute atomic E-state index is 0.0184. The van der Waals surface area contributed by atoms with E-state index in [9.17, 15) is 9.59 Å². The van der Waals surface area contributed by atoms with Crippen molar-refractivity contribution in [1.29, 1.82) is 0 Å². The van der Waals surface area contributed by atoms with Crippen LogP contribution in [0.25, 0.3) is 6.08 Å². The molecule has 1 atom stereocenters. The lowest BCUT2D eigenvalue weighted by Crippen LogP contribution is -2.33. The van der Waals surface area contributed by atoms with Gasteiger partial charge in [-0.25, -0.2) is 4.79 Å². The highest BCUT2D eigenvalue weighted by Crippen LogP contribution is 2.32. The van der Waals surface area contributed by atoms with Gasteiger partial charge in [-0.05, 0) is 43.5 Å². The Hall–Kier alpha value is -1.92. The summed E-state index contributed by atoms with van der Waals surface area (Å²) in [6.45, 7) is 2.96. The van der Waals surface area contributed by atoms with Gasteiger partial charge in [0.2, 0.25) is 0 Å². The average molecular weight is 406 g/mol. The first-order valence-corrected chi connectivity index (χ1v) is 9.01. The molecule has 1 saturated heterocycles. The van der Waals surface area contributed by atoms with Crippen LogP contribution in [0.5, 0.6) is 0 Å². The quantitative estimate of drug-likeness (QED) is 0.569. The van der Waals surface area contributed by atoms with Gasteiger partial charge in [0.15, 0.2) is 0 Å². The van der Waals surface area contributed by atoms with E-state index in [4.69, 9.17) is 9.47 Å². The van der Waals surface area contributed by atoms with Crippen molar-refractivity contribution < 1.29 is 19.1 Å². The first kappa shape index (κ1) is 17.9. The Bertz CT molecular complexity index is 745. The first-order valence-electron chi connectivity index (χ1n) is 8.21. The molecule has 2 heterocycles. The summed E-state index contributed by atoms with van der Waals surface area (Å²) in [5.41, 5.74) is 2.16. The van der Waals surface area contributed by atoms with Gasteiger partial charge in [0.25, 0.3) is 5.91 Å². The van der Waals surface area contributed by atoms with Crippen LogP contribution >= 0.6 is 15.9 Å². The molecular formula is C19H20BrNO4. The molecule has 0 radical (unpaired) electrons. The van der Waals surface area contributed by atoms with Crippen LogP contribution in [0.3, 0.4) is 0 Å². The average Bonchev–Trinajstić information content (AvgIpc) is 3.19. The van der Waals surface area contributed by atoms with Gasteiger partial charge in [-0.15, -0.1) is 0 Å². The lowest BCUT2D eigenvalue weighted by atomic mass is 10.0. The molecule has 0 aliphatic carbocycles. The largest absolute Gasteiger partial charge is 0.465 e. The zero-order valence-electron chi connectivity index (χ0n) is 14.3. The van der Waals surface area contributed by atoms with E-state index in [0.717, 1.165) is 29.5 Å². The highest BCUT2D eigenvalue weighted by atomic mass is 79.9. The van der Waals surface area contributed by atoms with E-state index in [-0.39, 0.29) is 12.0 Å². The summed E-state index contributed by atoms with van der Waals surface area (Å²) in [5.74, 6) is -0.680. The monoisotopic (exact) mass is 405 g/mol. The third-order valence-electron chi connectivity index (χ3n) is 4.49. The Balaban J connectivity index is 1.96. The number of methoxy groups -OCH3 is 1. The molecule has 3 rings (SSSR count). The molecule has 0 saturated carbocycles. The molecule has 5 nitrogen and oxygen atoms in total. The second-order valence-corrected chi connectivity index (χ2v) is 7.03. The molecule has 1 unspecified atom stereocenters. The summed E-state index contributed by atoms with van der Waals surface area (Å²) in [6.07, 6.45) is 3.68. The molecule has 2 aliphatic rings. The molecule has 25 heavy (non-hydrogen) atoms. The van der Waals surface area contributed by atoms with Crippen LogP contribution in [0.4, 0.5) is 0 Å². The summed E-state index contributed by atoms with van der Waals surface area (Å²) in [6, 6.07) is 7.56. The van der Waals surface area contributed by atoms with E-state index in [1.165, 1.54) is 7.11 Å². The SMILES string of the molecule is COC(=O)C1=C(C)N(CC2CCCO2)C(=O)/C1=C\c1ccc(Br)cc1. The van der Waals surface area contributed by atoms with Crippen LogP contribution < -0.4 is 0 Å². The van der Waals surface area contributed by atoms with E-state index in [0.29, 0.717) is 23.4 Å². The second-order valence-electron chi connectivity index (χ2n) is 6.11. The maximum Gasteiger partial charge on any atom is 0.340 e. The highest BCUT2D eigenvalue weighted by Gasteiger charge is 2.38. The molecule has 0 spiro atoms. The number of allylic oxidation sites excluding steroid dienone is 1. The predicted octanol–water partition coefficient (Wildman–Crippen LogP) is 3.30. The van der Waals surface area contributed by atoms with Crippen LogP contribution in [-0.2, 0) is 19.1 Å². The minimum Gasteiger partial charge on any atom is -0.465 e. The van der Waals surface area contributed by atoms with Crippen molar-refractivity contribution in [3.63, 3.8) is 0 Å². The molecule has 0 N–H and O–H groups in total. The van der Waals surface area contributed by atoms with E-state index in [2.05, 4.69) is 15.9 Å². The maximum absolute atomic E-state index is 12.9. The number of carbonyl (C=O) groups is 2. The van der Waals surface area contributed by atoms with Gasteiger partial charge in [0.05, 0.1) is 30.9 Å². The smallest absolute Gasteiger partial charge is 0.340 e. The zero-order chi connectivity index (χ0) is 18.0. The number of nitrogens with zero attached hydrogens (tertiary/aromatic N) is 1. The summed E-state index contributed by atoms with van der Waals surface area (Å²) in [5, 5.41) is 0. The van der Waals surface area contributed by atoms with Crippen molar-refractivity contribution in [1.82, 2.24) is 4.90 Å². The van der Waals surface area contributed by atoms with Gasteiger partial charge >= 0.3 is 5.97 Å². The number of esters is 1. The summed E-state index contributed by atoms with van der Waals surface area (Å²) < 4.78 is 11.5. The lowest BCUT2D eigenvalue weighted by molar-refractivity contribution is -0.136. The predicted molar refractivity (Wildman–Crippen MR) is 97.5 cm³/mol. The number of halogens is 1. The van der Waals surface area contributed by atoms with Crippen molar-refractivity contribution in [2.75, 3.05) is 20.3 Å². The fraction of sp³-hybridized carbons (Fsp3) is 0.368. The number of ether oxygens (including phenoxy) is 2. The first-order chi connectivity index (χ1) is 12.0. The van der Waals surface area contributed by atoms with Crippen LogP contribution in [0.2, 0.25) is 0 Å².